The van der Waals surface area contributed by atoms with E-state index in [1.807, 2.05) is 55.1 Å². The number of anilines is 1. The summed E-state index contributed by atoms with van der Waals surface area (Å²) < 4.78 is 3.31. The first kappa shape index (κ1) is 20.4. The minimum atomic E-state index is -0.171. The third-order valence-electron chi connectivity index (χ3n) is 4.83. The number of hydrogen-bond donors (Lipinski definition) is 1. The van der Waals surface area contributed by atoms with E-state index in [-0.39, 0.29) is 17.2 Å². The molecule has 154 valence electrons. The Bertz CT molecular complexity index is 1300. The van der Waals surface area contributed by atoms with Gasteiger partial charge in [-0.15, -0.1) is 11.3 Å². The van der Waals surface area contributed by atoms with Crippen LogP contribution in [0.2, 0.25) is 0 Å². The summed E-state index contributed by atoms with van der Waals surface area (Å²) in [7, 11) is 1.67. The van der Waals surface area contributed by atoms with Crippen molar-refractivity contribution in [3.63, 3.8) is 0 Å². The van der Waals surface area contributed by atoms with Crippen LogP contribution in [0.3, 0.4) is 0 Å². The van der Waals surface area contributed by atoms with Gasteiger partial charge in [-0.25, -0.2) is 9.67 Å². The molecule has 0 saturated carbocycles. The first-order valence-corrected chi connectivity index (χ1v) is 11.2. The number of fused-ring (bicyclic) bond motifs is 1. The van der Waals surface area contributed by atoms with Gasteiger partial charge in [-0.05, 0) is 44.4 Å². The Balaban J connectivity index is 1.50. The topological polar surface area (TPSA) is 81.8 Å². The van der Waals surface area contributed by atoms with E-state index >= 15 is 0 Å². The molecule has 0 aliphatic carbocycles. The number of carbonyl (C=O) groups is 1. The summed E-state index contributed by atoms with van der Waals surface area (Å²) in [5, 5.41) is 10.5. The Hall–Kier alpha value is -2.91. The number of carbonyl (C=O) groups excluding carboxylic acids is 1. The Morgan fingerprint density at radius 1 is 1.17 bits per heavy atom. The number of nitrogens with zero attached hydrogens (tertiary/aromatic N) is 4. The van der Waals surface area contributed by atoms with E-state index in [0.29, 0.717) is 21.1 Å². The zero-order valence-electron chi connectivity index (χ0n) is 17.1. The second kappa shape index (κ2) is 8.08. The van der Waals surface area contributed by atoms with Crippen LogP contribution < -0.4 is 10.9 Å². The summed E-state index contributed by atoms with van der Waals surface area (Å²) >= 11 is 2.66. The molecule has 0 radical (unpaired) electrons. The zero-order chi connectivity index (χ0) is 21.4. The number of benzene rings is 1. The van der Waals surface area contributed by atoms with Gasteiger partial charge in [0.1, 0.15) is 4.83 Å². The molecule has 0 aliphatic heterocycles. The quantitative estimate of drug-likeness (QED) is 0.377. The third kappa shape index (κ3) is 3.78. The van der Waals surface area contributed by atoms with E-state index < -0.39 is 0 Å². The highest BCUT2D eigenvalue weighted by Gasteiger charge is 2.17. The zero-order valence-corrected chi connectivity index (χ0v) is 18.7. The van der Waals surface area contributed by atoms with Crippen LogP contribution in [-0.4, -0.2) is 31.0 Å². The van der Waals surface area contributed by atoms with E-state index in [1.165, 1.54) is 33.2 Å². The lowest BCUT2D eigenvalue weighted by Crippen LogP contribution is -2.21. The fraction of sp³-hybridized carbons (Fsp3) is 0.238. The number of nitrogens with one attached hydrogen (secondary N) is 1. The van der Waals surface area contributed by atoms with Gasteiger partial charge < -0.3 is 5.32 Å². The van der Waals surface area contributed by atoms with Gasteiger partial charge in [-0.3, -0.25) is 14.2 Å². The van der Waals surface area contributed by atoms with Gasteiger partial charge in [0, 0.05) is 7.05 Å². The first-order chi connectivity index (χ1) is 14.3. The van der Waals surface area contributed by atoms with Crippen molar-refractivity contribution in [3.05, 3.63) is 63.0 Å². The van der Waals surface area contributed by atoms with E-state index in [1.54, 1.807) is 13.1 Å². The maximum Gasteiger partial charge on any atom is 0.262 e. The van der Waals surface area contributed by atoms with Crippen LogP contribution in [-0.2, 0) is 11.8 Å². The van der Waals surface area contributed by atoms with E-state index in [2.05, 4.69) is 15.4 Å². The average Bonchev–Trinajstić information content (AvgIpc) is 3.30. The highest BCUT2D eigenvalue weighted by atomic mass is 32.2. The molecule has 9 heteroatoms. The summed E-state index contributed by atoms with van der Waals surface area (Å²) in [6.07, 6.45) is 0. The molecule has 4 rings (SSSR count). The predicted molar refractivity (Wildman–Crippen MR) is 122 cm³/mol. The van der Waals surface area contributed by atoms with E-state index in [0.717, 1.165) is 17.1 Å². The van der Waals surface area contributed by atoms with Crippen molar-refractivity contribution in [2.75, 3.05) is 11.1 Å². The number of amides is 1. The Kier molecular flexibility index (Phi) is 5.48. The van der Waals surface area contributed by atoms with Crippen LogP contribution in [0.25, 0.3) is 15.9 Å². The Morgan fingerprint density at radius 3 is 2.63 bits per heavy atom. The summed E-state index contributed by atoms with van der Waals surface area (Å²) in [6, 6.07) is 9.84. The highest BCUT2D eigenvalue weighted by Crippen LogP contribution is 2.24. The van der Waals surface area contributed by atoms with Crippen molar-refractivity contribution in [2.24, 2.45) is 7.05 Å². The maximum atomic E-state index is 12.6. The summed E-state index contributed by atoms with van der Waals surface area (Å²) in [4.78, 5) is 30.2. The molecule has 0 fully saturated rings. The molecule has 3 heterocycles. The Labute approximate surface area is 181 Å². The lowest BCUT2D eigenvalue weighted by atomic mass is 10.2. The van der Waals surface area contributed by atoms with E-state index in [4.69, 9.17) is 0 Å². The molecule has 0 bridgehead atoms. The molecule has 0 spiro atoms. The molecule has 4 aromatic rings. The van der Waals surface area contributed by atoms with Gasteiger partial charge >= 0.3 is 0 Å². The number of aryl methyl sites for hydroxylation is 2. The van der Waals surface area contributed by atoms with Gasteiger partial charge in [0.2, 0.25) is 5.91 Å². The van der Waals surface area contributed by atoms with Gasteiger partial charge in [0.15, 0.2) is 5.16 Å². The summed E-state index contributed by atoms with van der Waals surface area (Å²) in [5.41, 5.74) is 4.33. The normalized spacial score (nSPS) is 11.2. The van der Waals surface area contributed by atoms with Crippen molar-refractivity contribution >= 4 is 44.9 Å². The molecule has 0 unspecified atom stereocenters. The smallest absolute Gasteiger partial charge is 0.262 e. The van der Waals surface area contributed by atoms with Crippen LogP contribution in [0.4, 0.5) is 5.69 Å². The molecule has 0 aliphatic rings. The SMILES string of the molecule is Cc1ccc(-n2nc(C)c(NC(=O)CSc3nc4sccc4c(=O)n3C)c2C)cc1. The Morgan fingerprint density at radius 2 is 1.90 bits per heavy atom. The molecule has 1 aromatic carbocycles. The van der Waals surface area contributed by atoms with Crippen LogP contribution in [0, 0.1) is 20.8 Å². The minimum Gasteiger partial charge on any atom is -0.322 e. The molecular formula is C21H21N5O2S2. The molecule has 1 amide bonds. The number of rotatable bonds is 5. The fourth-order valence-electron chi connectivity index (χ4n) is 3.18. The third-order valence-corrected chi connectivity index (χ3v) is 6.67. The minimum absolute atomic E-state index is 0.102. The second-order valence-corrected chi connectivity index (χ2v) is 8.87. The number of thioether (sulfide) groups is 1. The number of hydrogen-bond acceptors (Lipinski definition) is 6. The molecule has 1 N–H and O–H groups in total. The molecule has 30 heavy (non-hydrogen) atoms. The van der Waals surface area contributed by atoms with Crippen LogP contribution in [0.5, 0.6) is 0 Å². The van der Waals surface area contributed by atoms with Gasteiger partial charge in [-0.1, -0.05) is 29.5 Å². The largest absolute Gasteiger partial charge is 0.322 e. The lowest BCUT2D eigenvalue weighted by molar-refractivity contribution is -0.113. The van der Waals surface area contributed by atoms with Crippen LogP contribution in [0.1, 0.15) is 17.0 Å². The van der Waals surface area contributed by atoms with Gasteiger partial charge in [-0.2, -0.15) is 5.10 Å². The van der Waals surface area contributed by atoms with Gasteiger partial charge in [0.05, 0.1) is 33.9 Å². The van der Waals surface area contributed by atoms with Crippen LogP contribution in [0.15, 0.2) is 45.7 Å². The van der Waals surface area contributed by atoms with Crippen molar-refractivity contribution in [1.82, 2.24) is 19.3 Å². The highest BCUT2D eigenvalue weighted by molar-refractivity contribution is 7.99. The van der Waals surface area contributed by atoms with Crippen molar-refractivity contribution in [3.8, 4) is 5.69 Å². The lowest BCUT2D eigenvalue weighted by Gasteiger charge is -2.09. The molecule has 7 nitrogen and oxygen atoms in total. The maximum absolute atomic E-state index is 12.6. The molecule has 0 atom stereocenters. The van der Waals surface area contributed by atoms with E-state index in [9.17, 15) is 9.59 Å². The second-order valence-electron chi connectivity index (χ2n) is 7.03. The average molecular weight is 440 g/mol. The molecule has 3 aromatic heterocycles. The summed E-state index contributed by atoms with van der Waals surface area (Å²) in [6.45, 7) is 5.84. The standard InChI is InChI=1S/C21H21N5O2S2/c1-12-5-7-15(8-6-12)26-14(3)18(13(2)24-26)22-17(27)11-30-21-23-19-16(9-10-29-19)20(28)25(21)4/h5-10H,11H2,1-4H3,(H,22,27). The summed E-state index contributed by atoms with van der Waals surface area (Å²) in [5.74, 6) is -0.0265. The van der Waals surface area contributed by atoms with Crippen molar-refractivity contribution in [2.45, 2.75) is 25.9 Å². The van der Waals surface area contributed by atoms with Crippen molar-refractivity contribution in [1.29, 1.82) is 0 Å². The van der Waals surface area contributed by atoms with Crippen LogP contribution >= 0.6 is 23.1 Å². The monoisotopic (exact) mass is 439 g/mol. The predicted octanol–water partition coefficient (Wildman–Crippen LogP) is 3.84. The number of aromatic nitrogens is 4. The first-order valence-electron chi connectivity index (χ1n) is 9.35. The fourth-order valence-corrected chi connectivity index (χ4v) is 4.75. The number of thiophene rings is 1. The van der Waals surface area contributed by atoms with Gasteiger partial charge in [0.25, 0.3) is 5.56 Å². The van der Waals surface area contributed by atoms with Crippen molar-refractivity contribution < 1.29 is 4.79 Å². The molecular weight excluding hydrogens is 418 g/mol. The molecule has 0 saturated heterocycles.